The molecule has 0 spiro atoms. The molecule has 4 nitrogen and oxygen atoms in total. The summed E-state index contributed by atoms with van der Waals surface area (Å²) >= 11 is 0. The second-order valence-electron chi connectivity index (χ2n) is 5.31. The molecule has 1 saturated heterocycles. The summed E-state index contributed by atoms with van der Waals surface area (Å²) in [4.78, 5) is 24.9. The van der Waals surface area contributed by atoms with Crippen LogP contribution < -0.4 is 0 Å². The number of β-lactam (4-membered cyclic amide) rings is 1. The first-order valence-corrected chi connectivity index (χ1v) is 6.50. The molecule has 1 aromatic rings. The summed E-state index contributed by atoms with van der Waals surface area (Å²) < 4.78 is 5.08. The Morgan fingerprint density at radius 3 is 2.53 bits per heavy atom. The van der Waals surface area contributed by atoms with Crippen molar-refractivity contribution in [2.75, 3.05) is 6.73 Å². The normalized spacial score (nSPS) is 20.9. The zero-order valence-electron chi connectivity index (χ0n) is 11.6. The van der Waals surface area contributed by atoms with Gasteiger partial charge in [0.25, 0.3) is 0 Å². The number of likely N-dealkylation sites (tertiary alicyclic amines) is 1. The number of carbonyl (C=O) groups excluding carboxylic acids is 2. The number of nitrogens with zero attached hydrogens (tertiary/aromatic N) is 1. The largest absolute Gasteiger partial charge is 0.444 e. The Hall–Kier alpha value is -1.84. The van der Waals surface area contributed by atoms with Gasteiger partial charge in [0.15, 0.2) is 6.73 Å². The molecule has 0 N–H and O–H groups in total. The van der Waals surface area contributed by atoms with E-state index in [0.29, 0.717) is 6.42 Å². The highest BCUT2D eigenvalue weighted by Gasteiger charge is 2.54. The first kappa shape index (κ1) is 13.6. The van der Waals surface area contributed by atoms with Gasteiger partial charge in [0, 0.05) is 6.42 Å². The second kappa shape index (κ2) is 5.03. The van der Waals surface area contributed by atoms with Crippen LogP contribution in [0.4, 0.5) is 0 Å². The van der Waals surface area contributed by atoms with E-state index in [4.69, 9.17) is 4.74 Å². The van der Waals surface area contributed by atoms with E-state index in [2.05, 4.69) is 0 Å². The van der Waals surface area contributed by atoms with Crippen molar-refractivity contribution in [3.8, 4) is 0 Å². The molecule has 1 heterocycles. The zero-order chi connectivity index (χ0) is 14.0. The molecule has 0 aliphatic carbocycles. The minimum absolute atomic E-state index is 0.0188. The number of hydrogen-bond acceptors (Lipinski definition) is 3. The van der Waals surface area contributed by atoms with Gasteiger partial charge in [-0.2, -0.15) is 0 Å². The van der Waals surface area contributed by atoms with E-state index in [-0.39, 0.29) is 24.6 Å². The molecular formula is C15H19NO3. The second-order valence-corrected chi connectivity index (χ2v) is 5.31. The third-order valence-electron chi connectivity index (χ3n) is 3.58. The summed E-state index contributed by atoms with van der Waals surface area (Å²) in [5.74, 6) is -0.269. The van der Waals surface area contributed by atoms with Crippen molar-refractivity contribution in [1.82, 2.24) is 4.90 Å². The van der Waals surface area contributed by atoms with Gasteiger partial charge in [-0.3, -0.25) is 9.59 Å². The summed E-state index contributed by atoms with van der Waals surface area (Å²) in [5, 5.41) is 0. The fourth-order valence-electron chi connectivity index (χ4n) is 2.54. The highest BCUT2D eigenvalue weighted by molar-refractivity contribution is 5.90. The van der Waals surface area contributed by atoms with Crippen molar-refractivity contribution in [2.45, 2.75) is 33.2 Å². The fraction of sp³-hybridized carbons (Fsp3) is 0.467. The Morgan fingerprint density at radius 2 is 1.95 bits per heavy atom. The third-order valence-corrected chi connectivity index (χ3v) is 3.58. The van der Waals surface area contributed by atoms with Crippen molar-refractivity contribution in [3.63, 3.8) is 0 Å². The molecule has 1 amide bonds. The van der Waals surface area contributed by atoms with Gasteiger partial charge >= 0.3 is 5.97 Å². The average Bonchev–Trinajstić information content (AvgIpc) is 2.42. The first-order chi connectivity index (χ1) is 8.98. The molecular weight excluding hydrogens is 242 g/mol. The monoisotopic (exact) mass is 261 g/mol. The number of ether oxygens (including phenoxy) is 1. The smallest absolute Gasteiger partial charge is 0.307 e. The Balaban J connectivity index is 2.14. The summed E-state index contributed by atoms with van der Waals surface area (Å²) in [6, 6.07) is 9.79. The van der Waals surface area contributed by atoms with Crippen LogP contribution in [0.5, 0.6) is 0 Å². The molecule has 1 atom stereocenters. The van der Waals surface area contributed by atoms with Crippen LogP contribution in [0.25, 0.3) is 0 Å². The highest BCUT2D eigenvalue weighted by atomic mass is 16.5. The summed E-state index contributed by atoms with van der Waals surface area (Å²) in [6.07, 6.45) is 0.321. The van der Waals surface area contributed by atoms with Crippen LogP contribution in [0.3, 0.4) is 0 Å². The number of benzene rings is 1. The van der Waals surface area contributed by atoms with E-state index in [9.17, 15) is 9.59 Å². The fourth-order valence-corrected chi connectivity index (χ4v) is 2.54. The lowest BCUT2D eigenvalue weighted by Crippen LogP contribution is -2.61. The molecule has 1 fully saturated rings. The maximum atomic E-state index is 12.1. The Labute approximate surface area is 113 Å². The summed E-state index contributed by atoms with van der Waals surface area (Å²) in [7, 11) is 0. The van der Waals surface area contributed by atoms with Crippen LogP contribution in [0, 0.1) is 5.41 Å². The quantitative estimate of drug-likeness (QED) is 0.618. The Morgan fingerprint density at radius 1 is 1.32 bits per heavy atom. The lowest BCUT2D eigenvalue weighted by atomic mass is 9.71. The Kier molecular flexibility index (Phi) is 3.60. The van der Waals surface area contributed by atoms with Crippen molar-refractivity contribution in [1.29, 1.82) is 0 Å². The molecule has 0 radical (unpaired) electrons. The average molecular weight is 261 g/mol. The minimum atomic E-state index is -0.444. The predicted octanol–water partition coefficient (Wildman–Crippen LogP) is 2.51. The van der Waals surface area contributed by atoms with Crippen LogP contribution in [0.15, 0.2) is 30.3 Å². The molecule has 0 aromatic heterocycles. The molecule has 0 unspecified atom stereocenters. The maximum Gasteiger partial charge on any atom is 0.307 e. The topological polar surface area (TPSA) is 46.6 Å². The van der Waals surface area contributed by atoms with Gasteiger partial charge < -0.3 is 9.64 Å². The van der Waals surface area contributed by atoms with Gasteiger partial charge in [0.2, 0.25) is 5.91 Å². The van der Waals surface area contributed by atoms with Gasteiger partial charge in [0.05, 0.1) is 11.5 Å². The van der Waals surface area contributed by atoms with E-state index in [1.54, 1.807) is 11.8 Å². The molecule has 19 heavy (non-hydrogen) atoms. The molecule has 1 aliphatic heterocycles. The van der Waals surface area contributed by atoms with Gasteiger partial charge in [-0.1, -0.05) is 37.3 Å². The molecule has 0 saturated carbocycles. The summed E-state index contributed by atoms with van der Waals surface area (Å²) in [5.41, 5.74) is 0.625. The molecule has 2 rings (SSSR count). The number of amides is 1. The molecule has 4 heteroatoms. The number of carbonyl (C=O) groups is 2. The molecule has 1 aliphatic rings. The van der Waals surface area contributed by atoms with E-state index in [1.807, 2.05) is 44.2 Å². The number of esters is 1. The first-order valence-electron chi connectivity index (χ1n) is 6.50. The van der Waals surface area contributed by atoms with Crippen molar-refractivity contribution in [2.24, 2.45) is 5.41 Å². The van der Waals surface area contributed by atoms with Crippen molar-refractivity contribution >= 4 is 11.9 Å². The van der Waals surface area contributed by atoms with E-state index >= 15 is 0 Å². The van der Waals surface area contributed by atoms with Gasteiger partial charge in [-0.05, 0) is 19.4 Å². The Bertz CT molecular complexity index is 481. The van der Waals surface area contributed by atoms with Crippen LogP contribution in [0.2, 0.25) is 0 Å². The lowest BCUT2D eigenvalue weighted by molar-refractivity contribution is -0.184. The highest BCUT2D eigenvalue weighted by Crippen LogP contribution is 2.49. The van der Waals surface area contributed by atoms with Crippen LogP contribution in [0.1, 0.15) is 38.8 Å². The minimum Gasteiger partial charge on any atom is -0.444 e. The lowest BCUT2D eigenvalue weighted by Gasteiger charge is -2.52. The third kappa shape index (κ3) is 2.35. The molecule has 1 aromatic carbocycles. The van der Waals surface area contributed by atoms with Crippen LogP contribution >= 0.6 is 0 Å². The van der Waals surface area contributed by atoms with Crippen molar-refractivity contribution < 1.29 is 14.3 Å². The van der Waals surface area contributed by atoms with E-state index in [0.717, 1.165) is 5.56 Å². The van der Waals surface area contributed by atoms with Crippen molar-refractivity contribution in [3.05, 3.63) is 35.9 Å². The van der Waals surface area contributed by atoms with Crippen LogP contribution in [-0.4, -0.2) is 23.5 Å². The van der Waals surface area contributed by atoms with Gasteiger partial charge in [0.1, 0.15) is 0 Å². The molecule has 102 valence electrons. The van der Waals surface area contributed by atoms with Crippen LogP contribution in [-0.2, 0) is 14.3 Å². The maximum absolute atomic E-state index is 12.1. The predicted molar refractivity (Wildman–Crippen MR) is 71.1 cm³/mol. The standard InChI is InChI=1S/C15H19NO3/c1-4-12(17)19-10-16-13(15(2,3)14(16)18)11-8-6-5-7-9-11/h5-9,13H,4,10H2,1-3H3/t13-/m1/s1. The van der Waals surface area contributed by atoms with Gasteiger partial charge in [-0.25, -0.2) is 0 Å². The van der Waals surface area contributed by atoms with E-state index < -0.39 is 5.41 Å². The molecule has 0 bridgehead atoms. The SMILES string of the molecule is CCC(=O)OCN1C(=O)C(C)(C)[C@H]1c1ccccc1. The van der Waals surface area contributed by atoms with Gasteiger partial charge in [-0.15, -0.1) is 0 Å². The zero-order valence-corrected chi connectivity index (χ0v) is 11.6. The van der Waals surface area contributed by atoms with E-state index in [1.165, 1.54) is 0 Å². The summed E-state index contributed by atoms with van der Waals surface area (Å²) in [6.45, 7) is 5.61. The number of rotatable bonds is 4. The number of hydrogen-bond donors (Lipinski definition) is 0.